The third kappa shape index (κ3) is 4.75. The van der Waals surface area contributed by atoms with Crippen LogP contribution >= 0.6 is 0 Å². The van der Waals surface area contributed by atoms with Crippen molar-refractivity contribution in [2.45, 2.75) is 26.4 Å². The minimum absolute atomic E-state index is 0.208. The molecule has 0 radical (unpaired) electrons. The summed E-state index contributed by atoms with van der Waals surface area (Å²) >= 11 is 0. The Labute approximate surface area is 152 Å². The van der Waals surface area contributed by atoms with Crippen molar-refractivity contribution in [3.05, 3.63) is 42.2 Å². The van der Waals surface area contributed by atoms with Gasteiger partial charge in [0.15, 0.2) is 0 Å². The highest BCUT2D eigenvalue weighted by Crippen LogP contribution is 2.16. The topological polar surface area (TPSA) is 96.7 Å². The van der Waals surface area contributed by atoms with E-state index in [1.807, 2.05) is 30.5 Å². The maximum atomic E-state index is 12.2. The number of nitrogens with one attached hydrogen (secondary N) is 1. The lowest BCUT2D eigenvalue weighted by Gasteiger charge is -2.23. The van der Waals surface area contributed by atoms with E-state index in [0.717, 1.165) is 17.0 Å². The average molecular weight is 360 g/mol. The number of methoxy groups -OCH3 is 1. The predicted molar refractivity (Wildman–Crippen MR) is 96.4 cm³/mol. The first-order valence-corrected chi connectivity index (χ1v) is 8.24. The highest BCUT2D eigenvalue weighted by Gasteiger charge is 2.24. The second-order valence-electron chi connectivity index (χ2n) is 6.36. The summed E-state index contributed by atoms with van der Waals surface area (Å²) in [6, 6.07) is 6.10. The monoisotopic (exact) mass is 360 g/mol. The molecule has 0 fully saturated rings. The van der Waals surface area contributed by atoms with E-state index in [9.17, 15) is 14.7 Å². The summed E-state index contributed by atoms with van der Waals surface area (Å²) in [5.74, 6) is -0.530. The second kappa shape index (κ2) is 8.37. The van der Waals surface area contributed by atoms with Crippen LogP contribution < -0.4 is 10.1 Å². The van der Waals surface area contributed by atoms with E-state index in [0.29, 0.717) is 6.54 Å². The van der Waals surface area contributed by atoms with Gasteiger partial charge in [0.2, 0.25) is 0 Å². The molecule has 0 aliphatic carbocycles. The van der Waals surface area contributed by atoms with Crippen LogP contribution in [0.15, 0.2) is 36.7 Å². The number of aromatic nitrogens is 2. The van der Waals surface area contributed by atoms with Crippen LogP contribution in [-0.4, -0.2) is 52.0 Å². The molecule has 2 amide bonds. The number of ether oxygens (including phenoxy) is 1. The lowest BCUT2D eigenvalue weighted by molar-refractivity contribution is -0.140. The fraction of sp³-hybridized carbons (Fsp3) is 0.389. The minimum Gasteiger partial charge on any atom is -0.497 e. The number of hydrogen-bond acceptors (Lipinski definition) is 4. The van der Waals surface area contributed by atoms with Gasteiger partial charge in [-0.05, 0) is 18.1 Å². The van der Waals surface area contributed by atoms with Crippen LogP contribution in [0.1, 0.15) is 19.4 Å². The molecule has 8 nitrogen and oxygen atoms in total. The molecular formula is C18H24N4O4. The lowest BCUT2D eigenvalue weighted by Crippen LogP contribution is -2.48. The van der Waals surface area contributed by atoms with Crippen LogP contribution in [0.4, 0.5) is 4.79 Å². The molecule has 26 heavy (non-hydrogen) atoms. The summed E-state index contributed by atoms with van der Waals surface area (Å²) in [4.78, 5) is 24.9. The minimum atomic E-state index is -1.05. The fourth-order valence-corrected chi connectivity index (χ4v) is 2.44. The van der Waals surface area contributed by atoms with Crippen molar-refractivity contribution in [1.82, 2.24) is 20.0 Å². The summed E-state index contributed by atoms with van der Waals surface area (Å²) < 4.78 is 6.90. The zero-order valence-electron chi connectivity index (χ0n) is 15.3. The van der Waals surface area contributed by atoms with E-state index in [1.54, 1.807) is 38.9 Å². The van der Waals surface area contributed by atoms with Crippen molar-refractivity contribution in [2.24, 2.45) is 5.92 Å². The van der Waals surface area contributed by atoms with E-state index in [-0.39, 0.29) is 5.92 Å². The maximum absolute atomic E-state index is 12.2. The Morgan fingerprint density at radius 2 is 2.12 bits per heavy atom. The first-order chi connectivity index (χ1) is 12.3. The smallest absolute Gasteiger partial charge is 0.326 e. The number of carboxylic acid groups (broad SMARTS) is 1. The van der Waals surface area contributed by atoms with E-state index in [1.165, 1.54) is 4.90 Å². The molecule has 0 saturated carbocycles. The molecule has 0 spiro atoms. The SMILES string of the molecule is COc1cccc(-n2cc(CN(C)C(=O)N[C@@H](C(=O)O)C(C)C)cn2)c1. The number of hydrogen-bond donors (Lipinski definition) is 2. The summed E-state index contributed by atoms with van der Waals surface area (Å²) in [6.07, 6.45) is 3.48. The molecule has 2 rings (SSSR count). The van der Waals surface area contributed by atoms with Crippen LogP contribution in [-0.2, 0) is 11.3 Å². The van der Waals surface area contributed by atoms with Gasteiger partial charge in [-0.3, -0.25) is 0 Å². The molecule has 140 valence electrons. The molecule has 0 aliphatic rings. The predicted octanol–water partition coefficient (Wildman–Crippen LogP) is 2.13. The number of benzene rings is 1. The first kappa shape index (κ1) is 19.3. The molecule has 2 aromatic rings. The number of nitrogens with zero attached hydrogens (tertiary/aromatic N) is 3. The molecule has 1 heterocycles. The molecular weight excluding hydrogens is 336 g/mol. The van der Waals surface area contributed by atoms with Crippen LogP contribution in [0.25, 0.3) is 5.69 Å². The number of carbonyl (C=O) groups is 2. The van der Waals surface area contributed by atoms with Crippen LogP contribution in [0, 0.1) is 5.92 Å². The summed E-state index contributed by atoms with van der Waals surface area (Å²) in [6.45, 7) is 3.80. The van der Waals surface area contributed by atoms with Gasteiger partial charge in [-0.1, -0.05) is 19.9 Å². The van der Waals surface area contributed by atoms with Crippen molar-refractivity contribution in [1.29, 1.82) is 0 Å². The van der Waals surface area contributed by atoms with Gasteiger partial charge >= 0.3 is 12.0 Å². The van der Waals surface area contributed by atoms with Gasteiger partial charge in [0, 0.05) is 24.9 Å². The van der Waals surface area contributed by atoms with Crippen LogP contribution in [0.2, 0.25) is 0 Å². The van der Waals surface area contributed by atoms with Crippen molar-refractivity contribution < 1.29 is 19.4 Å². The molecule has 8 heteroatoms. The van der Waals surface area contributed by atoms with Crippen LogP contribution in [0.3, 0.4) is 0 Å². The third-order valence-electron chi connectivity index (χ3n) is 3.93. The fourth-order valence-electron chi connectivity index (χ4n) is 2.44. The third-order valence-corrected chi connectivity index (χ3v) is 3.93. The first-order valence-electron chi connectivity index (χ1n) is 8.24. The summed E-state index contributed by atoms with van der Waals surface area (Å²) in [7, 11) is 3.21. The second-order valence-corrected chi connectivity index (χ2v) is 6.36. The molecule has 1 aromatic heterocycles. The Morgan fingerprint density at radius 1 is 1.38 bits per heavy atom. The normalized spacial score (nSPS) is 11.9. The van der Waals surface area contributed by atoms with Crippen LogP contribution in [0.5, 0.6) is 5.75 Å². The van der Waals surface area contributed by atoms with E-state index in [4.69, 9.17) is 4.74 Å². The van der Waals surface area contributed by atoms with E-state index < -0.39 is 18.0 Å². The number of aliphatic carboxylic acids is 1. The van der Waals surface area contributed by atoms with Crippen molar-refractivity contribution in [3.8, 4) is 11.4 Å². The zero-order valence-corrected chi connectivity index (χ0v) is 15.3. The Morgan fingerprint density at radius 3 is 2.73 bits per heavy atom. The van der Waals surface area contributed by atoms with E-state index in [2.05, 4.69) is 10.4 Å². The molecule has 0 unspecified atom stereocenters. The molecule has 0 bridgehead atoms. The molecule has 1 atom stereocenters. The zero-order chi connectivity index (χ0) is 19.3. The van der Waals surface area contributed by atoms with E-state index >= 15 is 0 Å². The van der Waals surface area contributed by atoms with Gasteiger partial charge in [-0.25, -0.2) is 14.3 Å². The van der Waals surface area contributed by atoms with Crippen molar-refractivity contribution >= 4 is 12.0 Å². The summed E-state index contributed by atoms with van der Waals surface area (Å²) in [5, 5.41) is 16.0. The standard InChI is InChI=1S/C18H24N4O4/c1-12(2)16(17(23)24)20-18(25)21(3)10-13-9-19-22(11-13)14-6-5-7-15(8-14)26-4/h5-9,11-12,16H,10H2,1-4H3,(H,20,25)(H,23,24)/t16-/m1/s1. The van der Waals surface area contributed by atoms with Gasteiger partial charge in [0.05, 0.1) is 25.5 Å². The number of urea groups is 1. The highest BCUT2D eigenvalue weighted by molar-refractivity contribution is 5.82. The Hall–Kier alpha value is -3.03. The van der Waals surface area contributed by atoms with Gasteiger partial charge in [-0.15, -0.1) is 0 Å². The average Bonchev–Trinajstić information content (AvgIpc) is 3.07. The Kier molecular flexibility index (Phi) is 6.21. The quantitative estimate of drug-likeness (QED) is 0.788. The molecule has 2 N–H and O–H groups in total. The van der Waals surface area contributed by atoms with Gasteiger partial charge in [0.1, 0.15) is 11.8 Å². The molecule has 0 aliphatic heterocycles. The Balaban J connectivity index is 2.03. The number of carboxylic acids is 1. The Bertz CT molecular complexity index is 772. The largest absolute Gasteiger partial charge is 0.497 e. The lowest BCUT2D eigenvalue weighted by atomic mass is 10.1. The molecule has 0 saturated heterocycles. The van der Waals surface area contributed by atoms with Gasteiger partial charge in [0.25, 0.3) is 0 Å². The van der Waals surface area contributed by atoms with Gasteiger partial charge in [-0.2, -0.15) is 5.10 Å². The maximum Gasteiger partial charge on any atom is 0.326 e. The number of carbonyl (C=O) groups excluding carboxylic acids is 1. The van der Waals surface area contributed by atoms with Gasteiger partial charge < -0.3 is 20.1 Å². The highest BCUT2D eigenvalue weighted by atomic mass is 16.5. The number of rotatable bonds is 7. The summed E-state index contributed by atoms with van der Waals surface area (Å²) in [5.41, 5.74) is 1.66. The van der Waals surface area contributed by atoms with Crippen molar-refractivity contribution in [2.75, 3.05) is 14.2 Å². The van der Waals surface area contributed by atoms with Crippen molar-refractivity contribution in [3.63, 3.8) is 0 Å². The number of amides is 2. The molecule has 1 aromatic carbocycles.